The van der Waals surface area contributed by atoms with E-state index >= 15 is 0 Å². The second-order valence-electron chi connectivity index (χ2n) is 8.35. The third-order valence-corrected chi connectivity index (χ3v) is 3.26. The van der Waals surface area contributed by atoms with Crippen LogP contribution in [-0.2, 0) is 19.1 Å². The van der Waals surface area contributed by atoms with Gasteiger partial charge in [0.2, 0.25) is 0 Å². The Morgan fingerprint density at radius 1 is 1.03 bits per heavy atom. The second kappa shape index (κ2) is 8.46. The van der Waals surface area contributed by atoms with Crippen molar-refractivity contribution >= 4 is 29.1 Å². The van der Waals surface area contributed by atoms with E-state index in [0.717, 1.165) is 4.85 Å². The molecule has 10 nitrogen and oxygen atoms in total. The van der Waals surface area contributed by atoms with Crippen LogP contribution in [0.3, 0.4) is 0 Å². The van der Waals surface area contributed by atoms with Crippen LogP contribution in [0.15, 0.2) is 24.3 Å². The van der Waals surface area contributed by atoms with Crippen LogP contribution < -0.4 is 10.2 Å². The maximum absolute atomic E-state index is 12.5. The van der Waals surface area contributed by atoms with E-state index in [2.05, 4.69) is 15.6 Å². The number of nitrogens with zero attached hydrogens (tertiary/aromatic N) is 3. The molecule has 158 valence electrons. The quantitative estimate of drug-likeness (QED) is 0.591. The summed E-state index contributed by atoms with van der Waals surface area (Å²) in [5.74, 6) is -1.60. The minimum atomic E-state index is -1.30. The highest BCUT2D eigenvalue weighted by Gasteiger charge is 2.31. The van der Waals surface area contributed by atoms with Crippen molar-refractivity contribution in [2.45, 2.75) is 65.2 Å². The van der Waals surface area contributed by atoms with E-state index in [0.29, 0.717) is 11.0 Å². The van der Waals surface area contributed by atoms with Crippen LogP contribution in [0.1, 0.15) is 48.0 Å². The summed E-state index contributed by atoms with van der Waals surface area (Å²) >= 11 is 0. The minimum Gasteiger partial charge on any atom is -0.458 e. The number of hydrogen-bond acceptors (Lipinski definition) is 8. The van der Waals surface area contributed by atoms with Crippen molar-refractivity contribution in [2.75, 3.05) is 0 Å². The Kier molecular flexibility index (Phi) is 6.45. The van der Waals surface area contributed by atoms with Gasteiger partial charge in [-0.2, -0.15) is 0 Å². The summed E-state index contributed by atoms with van der Waals surface area (Å²) in [7, 11) is 0. The smallest absolute Gasteiger partial charge is 0.408 e. The Morgan fingerprint density at radius 3 is 2.28 bits per heavy atom. The molecule has 0 saturated carbocycles. The lowest BCUT2D eigenvalue weighted by Crippen LogP contribution is -2.47. The predicted molar refractivity (Wildman–Crippen MR) is 103 cm³/mol. The molecule has 1 amide bonds. The summed E-state index contributed by atoms with van der Waals surface area (Å²) in [6.07, 6.45) is -1.34. The van der Waals surface area contributed by atoms with Crippen LogP contribution in [0.25, 0.3) is 11.0 Å². The average Bonchev–Trinajstić information content (AvgIpc) is 2.94. The summed E-state index contributed by atoms with van der Waals surface area (Å²) in [5.41, 5.74) is -0.565. The monoisotopic (exact) mass is 406 g/mol. The Labute approximate surface area is 168 Å². The van der Waals surface area contributed by atoms with E-state index in [4.69, 9.17) is 14.3 Å². The first-order valence-electron chi connectivity index (χ1n) is 9.08. The van der Waals surface area contributed by atoms with E-state index in [-0.39, 0.29) is 0 Å². The van der Waals surface area contributed by atoms with Crippen molar-refractivity contribution in [2.24, 2.45) is 0 Å². The number of benzene rings is 1. The zero-order valence-electron chi connectivity index (χ0n) is 17.4. The fourth-order valence-electron chi connectivity index (χ4n) is 2.23. The van der Waals surface area contributed by atoms with Crippen LogP contribution in [0.4, 0.5) is 4.79 Å². The lowest BCUT2D eigenvalue weighted by molar-refractivity contribution is -0.161. The molecule has 1 atom stereocenters. The van der Waals surface area contributed by atoms with Gasteiger partial charge < -0.3 is 19.6 Å². The lowest BCUT2D eigenvalue weighted by Gasteiger charge is -2.25. The van der Waals surface area contributed by atoms with E-state index in [1.807, 2.05) is 0 Å². The summed E-state index contributed by atoms with van der Waals surface area (Å²) in [6.45, 7) is 10.1. The standard InChI is InChI=1S/C19H26N4O6/c1-18(2,3)27-16(25)13(20-17(26)28-19(4,5)6)11-15(24)29-23-14-10-8-7-9-12(14)21-22-23/h7-10,13H,11H2,1-6H3,(H,20,26). The number of ether oxygens (including phenoxy) is 2. The van der Waals surface area contributed by atoms with Gasteiger partial charge in [-0.3, -0.25) is 0 Å². The number of alkyl carbamates (subject to hydrolysis) is 1. The van der Waals surface area contributed by atoms with E-state index in [1.165, 1.54) is 0 Å². The molecule has 0 saturated heterocycles. The summed E-state index contributed by atoms with van der Waals surface area (Å²) in [5, 5.41) is 9.99. The molecule has 1 N–H and O–H groups in total. The number of carbonyl (C=O) groups excluding carboxylic acids is 3. The number of para-hydroxylation sites is 1. The maximum Gasteiger partial charge on any atom is 0.408 e. The normalized spacial score (nSPS) is 12.9. The number of aromatic nitrogens is 3. The lowest BCUT2D eigenvalue weighted by atomic mass is 10.1. The average molecular weight is 406 g/mol. The number of esters is 1. The van der Waals surface area contributed by atoms with Crippen LogP contribution in [-0.4, -0.2) is 50.4 Å². The van der Waals surface area contributed by atoms with Gasteiger partial charge in [0.05, 0.1) is 6.42 Å². The van der Waals surface area contributed by atoms with E-state index in [1.54, 1.807) is 65.8 Å². The van der Waals surface area contributed by atoms with Crippen molar-refractivity contribution in [3.63, 3.8) is 0 Å². The van der Waals surface area contributed by atoms with Gasteiger partial charge in [-0.05, 0) is 58.9 Å². The molecule has 0 radical (unpaired) electrons. The first-order valence-corrected chi connectivity index (χ1v) is 9.08. The molecule has 10 heteroatoms. The molecule has 2 aromatic rings. The van der Waals surface area contributed by atoms with Crippen LogP contribution >= 0.6 is 0 Å². The molecule has 0 spiro atoms. The van der Waals surface area contributed by atoms with Gasteiger partial charge in [-0.25, -0.2) is 14.4 Å². The molecule has 2 rings (SSSR count). The van der Waals surface area contributed by atoms with Gasteiger partial charge in [0.1, 0.15) is 28.3 Å². The maximum atomic E-state index is 12.5. The highest BCUT2D eigenvalue weighted by Crippen LogP contribution is 2.13. The molecule has 0 bridgehead atoms. The second-order valence-corrected chi connectivity index (χ2v) is 8.35. The SMILES string of the molecule is CC(C)(C)OC(=O)NC(CC(=O)On1nnc2ccccc21)C(=O)OC(C)(C)C. The third kappa shape index (κ3) is 7.05. The van der Waals surface area contributed by atoms with Crippen molar-refractivity contribution in [1.29, 1.82) is 0 Å². The highest BCUT2D eigenvalue weighted by atomic mass is 16.7. The molecular formula is C19H26N4O6. The minimum absolute atomic E-state index is 0.481. The van der Waals surface area contributed by atoms with Crippen molar-refractivity contribution in [1.82, 2.24) is 20.5 Å². The molecule has 0 aliphatic carbocycles. The van der Waals surface area contributed by atoms with Crippen molar-refractivity contribution in [3.05, 3.63) is 24.3 Å². The van der Waals surface area contributed by atoms with Crippen molar-refractivity contribution in [3.8, 4) is 0 Å². The number of carbonyl (C=O) groups is 3. The molecular weight excluding hydrogens is 380 g/mol. The zero-order chi connectivity index (χ0) is 21.8. The summed E-state index contributed by atoms with van der Waals surface area (Å²) in [6, 6.07) is 5.59. The van der Waals surface area contributed by atoms with Gasteiger partial charge in [0, 0.05) is 0 Å². The molecule has 1 aromatic carbocycles. The highest BCUT2D eigenvalue weighted by molar-refractivity contribution is 5.86. The number of fused-ring (bicyclic) bond motifs is 1. The molecule has 0 fully saturated rings. The van der Waals surface area contributed by atoms with Gasteiger partial charge in [-0.15, -0.1) is 5.10 Å². The fourth-order valence-corrected chi connectivity index (χ4v) is 2.23. The van der Waals surface area contributed by atoms with Crippen LogP contribution in [0, 0.1) is 0 Å². The predicted octanol–water partition coefficient (Wildman–Crippen LogP) is 2.01. The molecule has 0 aliphatic heterocycles. The summed E-state index contributed by atoms with van der Waals surface area (Å²) in [4.78, 5) is 43.1. The first kappa shape index (κ1) is 22.1. The molecule has 1 unspecified atom stereocenters. The Hall–Kier alpha value is -3.17. The van der Waals surface area contributed by atoms with E-state index < -0.39 is 41.7 Å². The summed E-state index contributed by atoms with van der Waals surface area (Å²) < 4.78 is 10.4. The van der Waals surface area contributed by atoms with Gasteiger partial charge in [-0.1, -0.05) is 17.0 Å². The van der Waals surface area contributed by atoms with E-state index in [9.17, 15) is 14.4 Å². The Bertz CT molecular complexity index is 894. The van der Waals surface area contributed by atoms with Crippen LogP contribution in [0.5, 0.6) is 0 Å². The number of hydrogen-bond donors (Lipinski definition) is 1. The number of nitrogens with one attached hydrogen (secondary N) is 1. The third-order valence-electron chi connectivity index (χ3n) is 3.26. The zero-order valence-corrected chi connectivity index (χ0v) is 17.4. The fraction of sp³-hybridized carbons (Fsp3) is 0.526. The van der Waals surface area contributed by atoms with Gasteiger partial charge >= 0.3 is 18.0 Å². The van der Waals surface area contributed by atoms with Gasteiger partial charge in [0.15, 0.2) is 0 Å². The Morgan fingerprint density at radius 2 is 1.66 bits per heavy atom. The number of rotatable bonds is 5. The molecule has 1 aromatic heterocycles. The topological polar surface area (TPSA) is 122 Å². The first-order chi connectivity index (χ1) is 13.3. The largest absolute Gasteiger partial charge is 0.458 e. The van der Waals surface area contributed by atoms with Gasteiger partial charge in [0.25, 0.3) is 0 Å². The molecule has 0 aliphatic rings. The Balaban J connectivity index is 2.11. The molecule has 29 heavy (non-hydrogen) atoms. The number of amides is 1. The molecule has 1 heterocycles. The van der Waals surface area contributed by atoms with Crippen molar-refractivity contribution < 1.29 is 28.7 Å². The van der Waals surface area contributed by atoms with Crippen LogP contribution in [0.2, 0.25) is 0 Å².